The Morgan fingerprint density at radius 1 is 1.16 bits per heavy atom. The number of aliphatic hydroxyl groups excluding tert-OH is 1. The second kappa shape index (κ2) is 5.93. The van der Waals surface area contributed by atoms with Gasteiger partial charge in [0.1, 0.15) is 0 Å². The summed E-state index contributed by atoms with van der Waals surface area (Å²) < 4.78 is 0. The zero-order valence-corrected chi connectivity index (χ0v) is 11.6. The zero-order valence-electron chi connectivity index (χ0n) is 11.6. The van der Waals surface area contributed by atoms with Gasteiger partial charge >= 0.3 is 0 Å². The predicted octanol–water partition coefficient (Wildman–Crippen LogP) is 1.90. The van der Waals surface area contributed by atoms with E-state index in [1.165, 1.54) is 37.2 Å². The largest absolute Gasteiger partial charge is 0.392 e. The average Bonchev–Trinajstić information content (AvgIpc) is 3.08. The lowest BCUT2D eigenvalue weighted by atomic mass is 10.1. The number of benzene rings is 1. The maximum atomic E-state index is 9.54. The number of nitrogens with zero attached hydrogens (tertiary/aromatic N) is 2. The van der Waals surface area contributed by atoms with E-state index in [2.05, 4.69) is 34.1 Å². The number of likely N-dealkylation sites (tertiary alicyclic amines) is 1. The van der Waals surface area contributed by atoms with E-state index < -0.39 is 0 Å². The van der Waals surface area contributed by atoms with Gasteiger partial charge in [-0.3, -0.25) is 0 Å². The van der Waals surface area contributed by atoms with Gasteiger partial charge in [0.25, 0.3) is 0 Å². The first-order valence-corrected chi connectivity index (χ1v) is 7.55. The molecule has 1 aromatic rings. The molecule has 0 aliphatic carbocycles. The Morgan fingerprint density at radius 3 is 2.74 bits per heavy atom. The van der Waals surface area contributed by atoms with Crippen LogP contribution < -0.4 is 4.90 Å². The molecule has 1 unspecified atom stereocenters. The van der Waals surface area contributed by atoms with E-state index in [4.69, 9.17) is 0 Å². The van der Waals surface area contributed by atoms with Crippen molar-refractivity contribution in [2.45, 2.75) is 31.8 Å². The Kier molecular flexibility index (Phi) is 4.04. The quantitative estimate of drug-likeness (QED) is 0.895. The monoisotopic (exact) mass is 260 g/mol. The van der Waals surface area contributed by atoms with Gasteiger partial charge in [-0.05, 0) is 43.4 Å². The second-order valence-corrected chi connectivity index (χ2v) is 5.86. The number of hydrogen-bond donors (Lipinski definition) is 1. The number of β-amino-alcohol motifs (C(OH)–C–C–N with tert-alkyl or cyclic N) is 1. The fourth-order valence-electron chi connectivity index (χ4n) is 3.19. The van der Waals surface area contributed by atoms with Gasteiger partial charge < -0.3 is 14.9 Å². The Bertz CT molecular complexity index is 415. The molecule has 2 heterocycles. The lowest BCUT2D eigenvalue weighted by Gasteiger charge is -2.19. The minimum absolute atomic E-state index is 0.101. The van der Waals surface area contributed by atoms with E-state index in [-0.39, 0.29) is 6.10 Å². The highest BCUT2D eigenvalue weighted by Gasteiger charge is 2.19. The van der Waals surface area contributed by atoms with Crippen LogP contribution in [0.25, 0.3) is 0 Å². The zero-order chi connectivity index (χ0) is 13.1. The molecule has 0 amide bonds. The third kappa shape index (κ3) is 3.28. The highest BCUT2D eigenvalue weighted by Crippen LogP contribution is 2.21. The highest BCUT2D eigenvalue weighted by molar-refractivity contribution is 5.49. The summed E-state index contributed by atoms with van der Waals surface area (Å²) in [6.07, 6.45) is 4.59. The van der Waals surface area contributed by atoms with Crippen LogP contribution in [0.5, 0.6) is 0 Å². The summed E-state index contributed by atoms with van der Waals surface area (Å²) in [5.41, 5.74) is 2.81. The Labute approximate surface area is 115 Å². The number of anilines is 1. The van der Waals surface area contributed by atoms with Gasteiger partial charge in [-0.1, -0.05) is 12.1 Å². The van der Waals surface area contributed by atoms with Crippen LogP contribution in [-0.2, 0) is 6.42 Å². The summed E-state index contributed by atoms with van der Waals surface area (Å²) in [5.74, 6) is 0. The van der Waals surface area contributed by atoms with E-state index in [9.17, 15) is 5.11 Å². The predicted molar refractivity (Wildman–Crippen MR) is 78.7 cm³/mol. The minimum atomic E-state index is -0.101. The van der Waals surface area contributed by atoms with Crippen LogP contribution >= 0.6 is 0 Å². The summed E-state index contributed by atoms with van der Waals surface area (Å²) in [7, 11) is 0. The van der Waals surface area contributed by atoms with Crippen LogP contribution in [0.3, 0.4) is 0 Å². The first-order valence-electron chi connectivity index (χ1n) is 7.55. The number of rotatable bonds is 4. The van der Waals surface area contributed by atoms with Gasteiger partial charge in [-0.25, -0.2) is 0 Å². The van der Waals surface area contributed by atoms with Crippen LogP contribution in [0.15, 0.2) is 24.3 Å². The van der Waals surface area contributed by atoms with Crippen LogP contribution in [0.1, 0.15) is 24.8 Å². The molecule has 3 rings (SSSR count). The Balaban J connectivity index is 1.57. The minimum Gasteiger partial charge on any atom is -0.392 e. The molecular formula is C16H24N2O. The van der Waals surface area contributed by atoms with Crippen molar-refractivity contribution in [1.29, 1.82) is 0 Å². The van der Waals surface area contributed by atoms with Crippen LogP contribution in [0.4, 0.5) is 5.69 Å². The van der Waals surface area contributed by atoms with Gasteiger partial charge in [-0.15, -0.1) is 0 Å². The molecule has 1 aromatic carbocycles. The molecular weight excluding hydrogens is 236 g/mol. The van der Waals surface area contributed by atoms with Gasteiger partial charge in [-0.2, -0.15) is 0 Å². The van der Waals surface area contributed by atoms with E-state index in [0.717, 1.165) is 32.5 Å². The summed E-state index contributed by atoms with van der Waals surface area (Å²) in [4.78, 5) is 4.86. The van der Waals surface area contributed by atoms with Crippen molar-refractivity contribution in [2.24, 2.45) is 0 Å². The van der Waals surface area contributed by atoms with Gasteiger partial charge in [0.15, 0.2) is 0 Å². The molecule has 2 saturated heterocycles. The first-order chi connectivity index (χ1) is 9.31. The molecule has 1 N–H and O–H groups in total. The molecule has 3 heteroatoms. The molecule has 2 aliphatic rings. The summed E-state index contributed by atoms with van der Waals surface area (Å²) in [6.45, 7) is 5.39. The molecule has 104 valence electrons. The van der Waals surface area contributed by atoms with E-state index in [0.29, 0.717) is 0 Å². The van der Waals surface area contributed by atoms with Gasteiger partial charge in [0.05, 0.1) is 6.10 Å². The fraction of sp³-hybridized carbons (Fsp3) is 0.625. The van der Waals surface area contributed by atoms with Crippen molar-refractivity contribution in [3.05, 3.63) is 29.8 Å². The molecule has 1 atom stereocenters. The van der Waals surface area contributed by atoms with Crippen molar-refractivity contribution < 1.29 is 5.11 Å². The SMILES string of the molecule is OC1CCN(CCc2cccc(N3CCCC3)c2)C1. The van der Waals surface area contributed by atoms with Gasteiger partial charge in [0.2, 0.25) is 0 Å². The fourth-order valence-corrected chi connectivity index (χ4v) is 3.19. The van der Waals surface area contributed by atoms with Crippen molar-refractivity contribution in [2.75, 3.05) is 37.6 Å². The average molecular weight is 260 g/mol. The lowest BCUT2D eigenvalue weighted by molar-refractivity contribution is 0.177. The van der Waals surface area contributed by atoms with Gasteiger partial charge in [0, 0.05) is 38.4 Å². The van der Waals surface area contributed by atoms with E-state index in [1.807, 2.05) is 0 Å². The molecule has 2 fully saturated rings. The lowest BCUT2D eigenvalue weighted by Crippen LogP contribution is -2.24. The van der Waals surface area contributed by atoms with Crippen molar-refractivity contribution in [3.8, 4) is 0 Å². The van der Waals surface area contributed by atoms with Crippen molar-refractivity contribution in [3.63, 3.8) is 0 Å². The third-order valence-electron chi connectivity index (χ3n) is 4.35. The summed E-state index contributed by atoms with van der Waals surface area (Å²) in [6, 6.07) is 8.99. The molecule has 2 aliphatic heterocycles. The van der Waals surface area contributed by atoms with Crippen LogP contribution in [0.2, 0.25) is 0 Å². The highest BCUT2D eigenvalue weighted by atomic mass is 16.3. The molecule has 19 heavy (non-hydrogen) atoms. The molecule has 0 spiro atoms. The smallest absolute Gasteiger partial charge is 0.0679 e. The maximum Gasteiger partial charge on any atom is 0.0679 e. The first kappa shape index (κ1) is 12.9. The number of aliphatic hydroxyl groups is 1. The molecule has 0 bridgehead atoms. The standard InChI is InChI=1S/C16H24N2O/c19-16-7-11-17(13-16)10-6-14-4-3-5-15(12-14)18-8-1-2-9-18/h3-5,12,16,19H,1-2,6-11,13H2. The Hall–Kier alpha value is -1.06. The van der Waals surface area contributed by atoms with Crippen LogP contribution in [-0.4, -0.2) is 48.8 Å². The second-order valence-electron chi connectivity index (χ2n) is 5.86. The Morgan fingerprint density at radius 2 is 2.00 bits per heavy atom. The van der Waals surface area contributed by atoms with E-state index in [1.54, 1.807) is 0 Å². The van der Waals surface area contributed by atoms with Crippen molar-refractivity contribution >= 4 is 5.69 Å². The van der Waals surface area contributed by atoms with Crippen LogP contribution in [0, 0.1) is 0 Å². The maximum absolute atomic E-state index is 9.54. The molecule has 3 nitrogen and oxygen atoms in total. The topological polar surface area (TPSA) is 26.7 Å². The third-order valence-corrected chi connectivity index (χ3v) is 4.35. The molecule has 0 radical (unpaired) electrons. The summed E-state index contributed by atoms with van der Waals surface area (Å²) in [5, 5.41) is 9.54. The normalized spacial score (nSPS) is 24.3. The summed E-state index contributed by atoms with van der Waals surface area (Å²) >= 11 is 0. The van der Waals surface area contributed by atoms with E-state index >= 15 is 0 Å². The number of hydrogen-bond acceptors (Lipinski definition) is 3. The van der Waals surface area contributed by atoms with Crippen molar-refractivity contribution in [1.82, 2.24) is 4.90 Å². The molecule has 0 aromatic heterocycles. The molecule has 0 saturated carbocycles.